The first kappa shape index (κ1) is 29.4. The van der Waals surface area contributed by atoms with E-state index in [0.717, 1.165) is 44.1 Å². The Hall–Kier alpha value is -5.98. The molecule has 8 rings (SSSR count). The molecule has 0 atom stereocenters. The molecule has 2 heterocycles. The molecular weight excluding hydrogens is 634 g/mol. The molecule has 6 aromatic carbocycles. The van der Waals surface area contributed by atoms with Crippen LogP contribution in [-0.4, -0.2) is 23.1 Å². The molecule has 0 spiro atoms. The number of alkyl halides is 3. The van der Waals surface area contributed by atoms with Gasteiger partial charge in [0.2, 0.25) is 0 Å². The van der Waals surface area contributed by atoms with E-state index in [1.54, 1.807) is 6.07 Å². The maximum absolute atomic E-state index is 13.6. The first-order valence-electron chi connectivity index (χ1n) is 14.9. The summed E-state index contributed by atoms with van der Waals surface area (Å²) in [6.07, 6.45) is 0. The fourth-order valence-corrected chi connectivity index (χ4v) is 6.70. The van der Waals surface area contributed by atoms with Gasteiger partial charge in [0.25, 0.3) is 0 Å². The lowest BCUT2D eigenvalue weighted by atomic mass is 10.1. The van der Waals surface area contributed by atoms with Crippen LogP contribution in [-0.2, 0) is 10.1 Å². The molecular formula is C39H23F3N2O3S. The molecule has 0 amide bonds. The second-order valence-electron chi connectivity index (χ2n) is 11.2. The molecule has 0 N–H and O–H groups in total. The van der Waals surface area contributed by atoms with Crippen molar-refractivity contribution in [2.24, 2.45) is 0 Å². The van der Waals surface area contributed by atoms with Gasteiger partial charge in [0, 0.05) is 44.5 Å². The summed E-state index contributed by atoms with van der Waals surface area (Å²) in [4.78, 5) is 0. The van der Waals surface area contributed by atoms with Crippen LogP contribution in [0.3, 0.4) is 0 Å². The zero-order chi connectivity index (χ0) is 33.0. The first-order chi connectivity index (χ1) is 23.2. The Morgan fingerprint density at radius 3 is 1.60 bits per heavy atom. The van der Waals surface area contributed by atoms with Crippen molar-refractivity contribution in [1.29, 1.82) is 0 Å². The van der Waals surface area contributed by atoms with Crippen LogP contribution in [0.25, 0.3) is 55.0 Å². The summed E-state index contributed by atoms with van der Waals surface area (Å²) in [5.74, 6) is 5.48. The van der Waals surface area contributed by atoms with E-state index in [1.165, 1.54) is 6.07 Å². The third kappa shape index (κ3) is 4.86. The summed E-state index contributed by atoms with van der Waals surface area (Å²) in [6.45, 7) is 0. The highest BCUT2D eigenvalue weighted by molar-refractivity contribution is 7.88. The third-order valence-corrected chi connectivity index (χ3v) is 9.27. The van der Waals surface area contributed by atoms with E-state index < -0.39 is 21.4 Å². The van der Waals surface area contributed by atoms with E-state index in [9.17, 15) is 21.6 Å². The average Bonchev–Trinajstić information content (AvgIpc) is 3.59. The van der Waals surface area contributed by atoms with Gasteiger partial charge in [-0.1, -0.05) is 84.6 Å². The zero-order valence-electron chi connectivity index (χ0n) is 24.9. The van der Waals surface area contributed by atoms with Gasteiger partial charge < -0.3 is 13.3 Å². The van der Waals surface area contributed by atoms with E-state index in [1.807, 2.05) is 132 Å². The van der Waals surface area contributed by atoms with Gasteiger partial charge in [0.05, 0.1) is 27.6 Å². The normalized spacial score (nSPS) is 12.1. The molecule has 9 heteroatoms. The Balaban J connectivity index is 1.34. The predicted octanol–water partition coefficient (Wildman–Crippen LogP) is 9.51. The van der Waals surface area contributed by atoms with Gasteiger partial charge in [-0.3, -0.25) is 0 Å². The Labute approximate surface area is 273 Å². The maximum Gasteiger partial charge on any atom is 0.534 e. The molecule has 8 aromatic rings. The van der Waals surface area contributed by atoms with Crippen molar-refractivity contribution < 1.29 is 25.8 Å². The van der Waals surface area contributed by atoms with Crippen LogP contribution in [0.2, 0.25) is 0 Å². The molecule has 0 aliphatic heterocycles. The minimum absolute atomic E-state index is 0.00176. The number of para-hydroxylation sites is 4. The minimum atomic E-state index is -5.99. The third-order valence-electron chi connectivity index (χ3n) is 8.30. The fourth-order valence-electron chi connectivity index (χ4n) is 6.23. The van der Waals surface area contributed by atoms with Crippen molar-refractivity contribution in [2.45, 2.75) is 5.51 Å². The highest BCUT2D eigenvalue weighted by Crippen LogP contribution is 2.38. The Morgan fingerprint density at radius 2 is 1.02 bits per heavy atom. The summed E-state index contributed by atoms with van der Waals surface area (Å²) >= 11 is 0. The van der Waals surface area contributed by atoms with Crippen LogP contribution in [0.1, 0.15) is 11.1 Å². The average molecular weight is 657 g/mol. The van der Waals surface area contributed by atoms with Crippen molar-refractivity contribution >= 4 is 53.7 Å². The topological polar surface area (TPSA) is 53.2 Å². The summed E-state index contributed by atoms with van der Waals surface area (Å²) in [6, 6.07) is 43.4. The highest BCUT2D eigenvalue weighted by Gasteiger charge is 2.49. The number of halogens is 3. The van der Waals surface area contributed by atoms with Crippen LogP contribution in [0, 0.1) is 11.8 Å². The van der Waals surface area contributed by atoms with Crippen LogP contribution < -0.4 is 4.18 Å². The van der Waals surface area contributed by atoms with Gasteiger partial charge in [-0.15, -0.1) is 0 Å². The molecule has 5 nitrogen and oxygen atoms in total. The number of hydrogen-bond donors (Lipinski definition) is 0. The van der Waals surface area contributed by atoms with Crippen LogP contribution in [0.15, 0.2) is 140 Å². The van der Waals surface area contributed by atoms with Gasteiger partial charge >= 0.3 is 15.6 Å². The molecule has 0 fully saturated rings. The Kier molecular flexibility index (Phi) is 6.79. The molecule has 0 unspecified atom stereocenters. The first-order valence-corrected chi connectivity index (χ1v) is 16.3. The van der Waals surface area contributed by atoms with Crippen molar-refractivity contribution in [1.82, 2.24) is 9.13 Å². The number of hydrogen-bond acceptors (Lipinski definition) is 3. The Morgan fingerprint density at radius 1 is 0.521 bits per heavy atom. The molecule has 48 heavy (non-hydrogen) atoms. The summed E-state index contributed by atoms with van der Waals surface area (Å²) in [5, 5.41) is 3.45. The number of benzene rings is 6. The van der Waals surface area contributed by atoms with E-state index >= 15 is 0 Å². The lowest BCUT2D eigenvalue weighted by molar-refractivity contribution is -0.0500. The van der Waals surface area contributed by atoms with Crippen molar-refractivity contribution in [3.8, 4) is 29.0 Å². The van der Waals surface area contributed by atoms with Gasteiger partial charge in [-0.2, -0.15) is 21.6 Å². The molecule has 0 bridgehead atoms. The SMILES string of the molecule is O=S(=O)(Oc1cc2c(cc1C#Cc1ccc3c(c1)c1ccccc1n3-c1ccccc1)c1ccccc1n2-c1ccccc1)C(F)(F)F. The van der Waals surface area contributed by atoms with E-state index in [0.29, 0.717) is 16.5 Å². The van der Waals surface area contributed by atoms with E-state index in [4.69, 9.17) is 4.18 Å². The van der Waals surface area contributed by atoms with Crippen molar-refractivity contribution in [2.75, 3.05) is 0 Å². The number of aromatic nitrogens is 2. The number of fused-ring (bicyclic) bond motifs is 6. The molecule has 0 aliphatic carbocycles. The molecule has 0 saturated heterocycles. The van der Waals surface area contributed by atoms with Crippen molar-refractivity contribution in [3.05, 3.63) is 151 Å². The summed E-state index contributed by atoms with van der Waals surface area (Å²) < 4.78 is 74.1. The molecule has 2 aromatic heterocycles. The standard InChI is InChI=1S/C39H23F3N2O3S/c40-39(41,42)48(45,46)47-38-25-37-33(31-16-8-10-18-35(31)44(37)29-13-5-2-6-14-29)24-27(38)21-19-26-20-22-36-32(23-26)30-15-7-9-17-34(30)43(36)28-11-3-1-4-12-28/h1-18,20,22-25H. The summed E-state index contributed by atoms with van der Waals surface area (Å²) in [5.41, 5.74) is -0.0671. The van der Waals surface area contributed by atoms with Crippen molar-refractivity contribution in [3.63, 3.8) is 0 Å². The quantitative estimate of drug-likeness (QED) is 0.108. The fraction of sp³-hybridized carbons (Fsp3) is 0.0256. The van der Waals surface area contributed by atoms with Crippen LogP contribution >= 0.6 is 0 Å². The summed E-state index contributed by atoms with van der Waals surface area (Å²) in [7, 11) is -5.99. The van der Waals surface area contributed by atoms with Crippen LogP contribution in [0.4, 0.5) is 13.2 Å². The lowest BCUT2D eigenvalue weighted by Gasteiger charge is -2.12. The molecule has 0 radical (unpaired) electrons. The van der Waals surface area contributed by atoms with E-state index in [-0.39, 0.29) is 5.56 Å². The smallest absolute Gasteiger partial charge is 0.375 e. The monoisotopic (exact) mass is 656 g/mol. The van der Waals surface area contributed by atoms with Gasteiger partial charge in [0.1, 0.15) is 0 Å². The second kappa shape index (κ2) is 11.1. The number of nitrogens with zero attached hydrogens (tertiary/aromatic N) is 2. The van der Waals surface area contributed by atoms with Gasteiger partial charge in [-0.05, 0) is 60.7 Å². The van der Waals surface area contributed by atoms with Crippen LogP contribution in [0.5, 0.6) is 5.75 Å². The molecule has 0 saturated carbocycles. The Bertz CT molecular complexity index is 2700. The lowest BCUT2D eigenvalue weighted by Crippen LogP contribution is -2.28. The highest BCUT2D eigenvalue weighted by atomic mass is 32.2. The van der Waals surface area contributed by atoms with E-state index in [2.05, 4.69) is 16.4 Å². The maximum atomic E-state index is 13.6. The minimum Gasteiger partial charge on any atom is -0.375 e. The zero-order valence-corrected chi connectivity index (χ0v) is 25.8. The number of rotatable bonds is 4. The second-order valence-corrected chi connectivity index (χ2v) is 12.7. The largest absolute Gasteiger partial charge is 0.534 e. The molecule has 0 aliphatic rings. The molecule has 234 valence electrons. The van der Waals surface area contributed by atoms with Gasteiger partial charge in [-0.25, -0.2) is 0 Å². The van der Waals surface area contributed by atoms with Gasteiger partial charge in [0.15, 0.2) is 5.75 Å². The predicted molar refractivity (Wildman–Crippen MR) is 183 cm³/mol.